The molecule has 60 heavy (non-hydrogen) atoms. The molecule has 1 aromatic carbocycles. The Morgan fingerprint density at radius 2 is 1.53 bits per heavy atom. The summed E-state index contributed by atoms with van der Waals surface area (Å²) in [6, 6.07) is 7.76. The molecule has 0 saturated carbocycles. The van der Waals surface area contributed by atoms with Gasteiger partial charge in [-0.3, -0.25) is 4.79 Å². The molecule has 0 radical (unpaired) electrons. The van der Waals surface area contributed by atoms with E-state index >= 15 is 0 Å². The van der Waals surface area contributed by atoms with Crippen LogP contribution in [0.25, 0.3) is 0 Å². The Hall–Kier alpha value is -2.08. The van der Waals surface area contributed by atoms with E-state index in [0.717, 1.165) is 60.3 Å². The summed E-state index contributed by atoms with van der Waals surface area (Å²) in [5, 5.41) is 11.3. The first kappa shape index (κ1) is 41.9. The van der Waals surface area contributed by atoms with Gasteiger partial charge in [-0.15, -0.1) is 11.8 Å². The summed E-state index contributed by atoms with van der Waals surface area (Å²) in [5.41, 5.74) is 2.13. The predicted octanol–water partition coefficient (Wildman–Crippen LogP) is 5.62. The van der Waals surface area contributed by atoms with Crippen molar-refractivity contribution in [3.05, 3.63) is 48.6 Å². The highest BCUT2D eigenvalue weighted by molar-refractivity contribution is 7.99. The zero-order valence-corrected chi connectivity index (χ0v) is 35.9. The third kappa shape index (κ3) is 8.14. The van der Waals surface area contributed by atoms with Gasteiger partial charge in [-0.2, -0.15) is 0 Å². The van der Waals surface area contributed by atoms with Crippen LogP contribution in [0.2, 0.25) is 0 Å². The zero-order valence-electron chi connectivity index (χ0n) is 35.1. The summed E-state index contributed by atoms with van der Waals surface area (Å²) in [7, 11) is 3.25. The molecule has 10 aliphatic heterocycles. The molecule has 12 bridgehead atoms. The van der Waals surface area contributed by atoms with Crippen molar-refractivity contribution in [3.8, 4) is 5.75 Å². The minimum Gasteiger partial charge on any atom is -0.497 e. The highest BCUT2D eigenvalue weighted by Gasteiger charge is 2.69. The lowest BCUT2D eigenvalue weighted by atomic mass is 9.84. The van der Waals surface area contributed by atoms with Crippen molar-refractivity contribution in [2.24, 2.45) is 5.92 Å². The van der Waals surface area contributed by atoms with Gasteiger partial charge in [0, 0.05) is 43.4 Å². The fourth-order valence-corrected chi connectivity index (χ4v) is 12.5. The Labute approximate surface area is 357 Å². The van der Waals surface area contributed by atoms with Gasteiger partial charge in [0.05, 0.1) is 68.5 Å². The molecule has 1 N–H and O–H groups in total. The van der Waals surface area contributed by atoms with Crippen molar-refractivity contribution in [2.45, 2.75) is 198 Å². The molecular formula is C46H62O13S. The molecule has 10 heterocycles. The molecule has 0 aliphatic carbocycles. The van der Waals surface area contributed by atoms with Crippen LogP contribution in [0.15, 0.2) is 53.5 Å². The number of aliphatic hydroxyl groups excluding tert-OH is 1. The lowest BCUT2D eigenvalue weighted by Gasteiger charge is -2.47. The first-order valence-electron chi connectivity index (χ1n) is 22.4. The maximum Gasteiger partial charge on any atom is 0.308 e. The largest absolute Gasteiger partial charge is 0.497 e. The number of carbonyl (C=O) groups is 1. The second-order valence-corrected chi connectivity index (χ2v) is 19.8. The number of ether oxygens (including phenoxy) is 11. The van der Waals surface area contributed by atoms with Gasteiger partial charge >= 0.3 is 5.97 Å². The average molecular weight is 855 g/mol. The first-order chi connectivity index (χ1) is 29.0. The van der Waals surface area contributed by atoms with Crippen LogP contribution < -0.4 is 4.74 Å². The first-order valence-corrected chi connectivity index (χ1v) is 23.4. The van der Waals surface area contributed by atoms with Gasteiger partial charge in [0.15, 0.2) is 11.9 Å². The summed E-state index contributed by atoms with van der Waals surface area (Å²) in [5.74, 6) is 0.256. The number of aliphatic hydroxyl groups is 1. The van der Waals surface area contributed by atoms with E-state index in [2.05, 4.69) is 20.1 Å². The van der Waals surface area contributed by atoms with Crippen LogP contribution in [0.4, 0.5) is 0 Å². The lowest BCUT2D eigenvalue weighted by molar-refractivity contribution is -0.293. The van der Waals surface area contributed by atoms with Crippen molar-refractivity contribution >= 4 is 17.7 Å². The molecule has 10 fully saturated rings. The molecule has 1 spiro atoms. The van der Waals surface area contributed by atoms with E-state index in [1.807, 2.05) is 24.3 Å². The molecule has 13 nitrogen and oxygen atoms in total. The van der Waals surface area contributed by atoms with Gasteiger partial charge in [0.1, 0.15) is 48.5 Å². The number of benzene rings is 1. The molecule has 0 unspecified atom stereocenters. The van der Waals surface area contributed by atoms with Crippen molar-refractivity contribution in [3.63, 3.8) is 0 Å². The lowest BCUT2D eigenvalue weighted by Crippen LogP contribution is -2.61. The minimum absolute atomic E-state index is 0.00702. The predicted molar refractivity (Wildman–Crippen MR) is 218 cm³/mol. The Morgan fingerprint density at radius 1 is 0.783 bits per heavy atom. The number of thioether (sulfide) groups is 1. The SMILES string of the molecule is C=C1C[C@@H]2CC[C@@]34C[C@H]5O[C@H]6[C@@H](O3)[C@H]3O[C@H](CC[C@@H]3O[C@H]6[C@H]5O4)CC(=O)O[C@@H]3[C@@H](OC)[C@@H](C[C@H](O)CSc4ccc(OC)cc4)O[C@H]3C[C@H]3O[C@@H](CC[C@@H]1O2)C[C@@H](C)C3=C. The third-order valence-electron chi connectivity index (χ3n) is 14.7. The van der Waals surface area contributed by atoms with E-state index in [1.165, 1.54) is 0 Å². The van der Waals surface area contributed by atoms with E-state index in [0.29, 0.717) is 37.9 Å². The number of hydrogen-bond acceptors (Lipinski definition) is 14. The number of esters is 1. The van der Waals surface area contributed by atoms with E-state index < -0.39 is 54.5 Å². The molecule has 19 atom stereocenters. The van der Waals surface area contributed by atoms with E-state index in [1.54, 1.807) is 26.0 Å². The Bertz CT molecular complexity index is 1740. The number of methoxy groups -OCH3 is 2. The molecule has 0 amide bonds. The smallest absolute Gasteiger partial charge is 0.308 e. The van der Waals surface area contributed by atoms with Crippen LogP contribution in [-0.4, -0.2) is 141 Å². The fraction of sp³-hybridized carbons (Fsp3) is 0.761. The zero-order chi connectivity index (χ0) is 41.3. The van der Waals surface area contributed by atoms with Crippen LogP contribution in [0.3, 0.4) is 0 Å². The highest BCUT2D eigenvalue weighted by Crippen LogP contribution is 2.54. The van der Waals surface area contributed by atoms with Crippen molar-refractivity contribution in [1.29, 1.82) is 0 Å². The fourth-order valence-electron chi connectivity index (χ4n) is 11.6. The van der Waals surface area contributed by atoms with Gasteiger partial charge in [0.25, 0.3) is 0 Å². The summed E-state index contributed by atoms with van der Waals surface area (Å²) in [4.78, 5) is 15.1. The second kappa shape index (κ2) is 17.1. The average Bonchev–Trinajstić information content (AvgIpc) is 3.92. The Kier molecular flexibility index (Phi) is 12.0. The summed E-state index contributed by atoms with van der Waals surface area (Å²) in [6.07, 6.45) is 1.93. The minimum atomic E-state index is -0.814. The van der Waals surface area contributed by atoms with Crippen molar-refractivity contribution in [2.75, 3.05) is 20.0 Å². The molecule has 14 heteroatoms. The summed E-state index contributed by atoms with van der Waals surface area (Å²) >= 11 is 1.56. The highest BCUT2D eigenvalue weighted by atomic mass is 32.2. The van der Waals surface area contributed by atoms with Gasteiger partial charge in [0.2, 0.25) is 0 Å². The van der Waals surface area contributed by atoms with Crippen molar-refractivity contribution in [1.82, 2.24) is 0 Å². The topological polar surface area (TPSA) is 139 Å². The summed E-state index contributed by atoms with van der Waals surface area (Å²) < 4.78 is 71.9. The number of fused-ring (bicyclic) bond motifs is 6. The number of rotatable bonds is 7. The van der Waals surface area contributed by atoms with Crippen LogP contribution in [-0.2, 0) is 52.2 Å². The molecule has 10 saturated heterocycles. The monoisotopic (exact) mass is 854 g/mol. The molecular weight excluding hydrogens is 793 g/mol. The molecule has 330 valence electrons. The molecule has 0 aromatic heterocycles. The van der Waals surface area contributed by atoms with Crippen LogP contribution in [0.5, 0.6) is 5.75 Å². The van der Waals surface area contributed by atoms with Gasteiger partial charge in [-0.25, -0.2) is 0 Å². The Morgan fingerprint density at radius 3 is 2.35 bits per heavy atom. The van der Waals surface area contributed by atoms with E-state index in [4.69, 9.17) is 52.1 Å². The maximum absolute atomic E-state index is 14.1. The van der Waals surface area contributed by atoms with E-state index in [-0.39, 0.29) is 73.4 Å². The Balaban J connectivity index is 0.892. The van der Waals surface area contributed by atoms with Crippen LogP contribution in [0.1, 0.15) is 84.0 Å². The van der Waals surface area contributed by atoms with Crippen LogP contribution >= 0.6 is 11.8 Å². The number of carbonyl (C=O) groups excluding carboxylic acids is 1. The van der Waals surface area contributed by atoms with E-state index in [9.17, 15) is 9.90 Å². The third-order valence-corrected chi connectivity index (χ3v) is 15.9. The quantitative estimate of drug-likeness (QED) is 0.206. The molecule has 1 aromatic rings. The second-order valence-electron chi connectivity index (χ2n) is 18.7. The van der Waals surface area contributed by atoms with Gasteiger partial charge in [-0.05, 0) is 86.3 Å². The maximum atomic E-state index is 14.1. The molecule has 11 rings (SSSR count). The molecule has 10 aliphatic rings. The van der Waals surface area contributed by atoms with Gasteiger partial charge in [-0.1, -0.05) is 20.1 Å². The standard InChI is InChI=1S/C46H62O13S/c1-23-16-28-8-12-32-24(2)17-30(51-32)14-15-46-21-37-42(58-46)43-44(56-37)45(59-46)40-33(55-43)13-9-29(53-40)19-38(48)57-41-36(20-34(52-28)25(23)3)54-35(39(41)50-5)18-26(47)22-60-31-10-6-27(49-4)7-11-31/h6-7,10-11,23,26,28-30,32-37,39-45,47H,2-3,8-9,12-22H2,1,4-5H3/t23-,26+,28+,29-,30+,32+,33+,34-,35-,36+,37-,39+,40+,41+,42+,43+,44-,45+,46+/m1/s1. The van der Waals surface area contributed by atoms with Gasteiger partial charge < -0.3 is 57.2 Å². The van der Waals surface area contributed by atoms with Crippen molar-refractivity contribution < 1.29 is 62.0 Å². The van der Waals surface area contributed by atoms with Crippen LogP contribution in [0, 0.1) is 5.92 Å². The normalized spacial score (nSPS) is 46.7. The summed E-state index contributed by atoms with van der Waals surface area (Å²) in [6.45, 7) is 11.1. The number of hydrogen-bond donors (Lipinski definition) is 1.